The number of fused-ring (bicyclic) bond motifs is 1. The summed E-state index contributed by atoms with van der Waals surface area (Å²) in [5, 5.41) is 0. The predicted molar refractivity (Wildman–Crippen MR) is 103 cm³/mol. The lowest BCUT2D eigenvalue weighted by Crippen LogP contribution is -2.29. The molecule has 2 aromatic heterocycles. The second-order valence-electron chi connectivity index (χ2n) is 6.63. The van der Waals surface area contributed by atoms with Gasteiger partial charge in [0.1, 0.15) is 5.69 Å². The van der Waals surface area contributed by atoms with Crippen LogP contribution in [0.2, 0.25) is 0 Å². The molecule has 0 radical (unpaired) electrons. The van der Waals surface area contributed by atoms with E-state index in [0.717, 1.165) is 12.1 Å². The summed E-state index contributed by atoms with van der Waals surface area (Å²) in [6, 6.07) is 8.25. The van der Waals surface area contributed by atoms with Gasteiger partial charge in [-0.1, -0.05) is 30.7 Å². The smallest absolute Gasteiger partial charge is 0.224 e. The number of nitrogen functional groups attached to an aromatic ring is 3. The van der Waals surface area contributed by atoms with E-state index in [1.165, 1.54) is 37.9 Å². The number of likely N-dealkylation sites (tertiary alicyclic amines) is 1. The Morgan fingerprint density at radius 1 is 0.808 bits per heavy atom. The first-order valence-electron chi connectivity index (χ1n) is 8.78. The van der Waals surface area contributed by atoms with Crippen LogP contribution in [0.1, 0.15) is 24.8 Å². The van der Waals surface area contributed by atoms with Crippen molar-refractivity contribution in [3.63, 3.8) is 0 Å². The zero-order valence-corrected chi connectivity index (χ0v) is 14.5. The molecule has 1 fully saturated rings. The highest BCUT2D eigenvalue weighted by atomic mass is 15.1. The number of nitrogens with zero attached hydrogens (tertiary/aromatic N) is 5. The first-order valence-corrected chi connectivity index (χ1v) is 8.78. The Balaban J connectivity index is 1.63. The van der Waals surface area contributed by atoms with E-state index in [-0.39, 0.29) is 11.8 Å². The number of hydrogen-bond donors (Lipinski definition) is 3. The van der Waals surface area contributed by atoms with Gasteiger partial charge in [-0.3, -0.25) is 4.90 Å². The second-order valence-corrected chi connectivity index (χ2v) is 6.63. The first kappa shape index (κ1) is 16.5. The van der Waals surface area contributed by atoms with Crippen LogP contribution in [0.3, 0.4) is 0 Å². The molecule has 1 aliphatic heterocycles. The van der Waals surface area contributed by atoms with E-state index in [2.05, 4.69) is 37.0 Å². The molecule has 1 aliphatic rings. The molecule has 26 heavy (non-hydrogen) atoms. The molecule has 6 N–H and O–H groups in total. The maximum atomic E-state index is 6.08. The Hall–Kier alpha value is -3.00. The number of rotatable bonds is 3. The lowest BCUT2D eigenvalue weighted by molar-refractivity contribution is 0.221. The van der Waals surface area contributed by atoms with Crippen LogP contribution in [0.15, 0.2) is 24.3 Å². The van der Waals surface area contributed by atoms with Crippen LogP contribution in [0.25, 0.3) is 22.4 Å². The largest absolute Gasteiger partial charge is 0.382 e. The maximum absolute atomic E-state index is 6.08. The van der Waals surface area contributed by atoms with E-state index in [1.54, 1.807) is 0 Å². The van der Waals surface area contributed by atoms with E-state index in [0.29, 0.717) is 22.7 Å². The van der Waals surface area contributed by atoms with E-state index < -0.39 is 0 Å². The van der Waals surface area contributed by atoms with Crippen molar-refractivity contribution < 1.29 is 0 Å². The molecule has 0 spiro atoms. The SMILES string of the molecule is Nc1nc(N)c2nc(-c3ccc(CN4CCCCC4)cc3)c(N)nc2n1. The van der Waals surface area contributed by atoms with E-state index >= 15 is 0 Å². The Morgan fingerprint density at radius 2 is 1.54 bits per heavy atom. The Labute approximate surface area is 151 Å². The lowest BCUT2D eigenvalue weighted by atomic mass is 10.1. The highest BCUT2D eigenvalue weighted by Crippen LogP contribution is 2.27. The number of benzene rings is 1. The molecule has 1 aromatic carbocycles. The molecular weight excluding hydrogens is 328 g/mol. The first-order chi connectivity index (χ1) is 12.6. The van der Waals surface area contributed by atoms with Crippen molar-refractivity contribution in [1.82, 2.24) is 24.8 Å². The number of piperidine rings is 1. The van der Waals surface area contributed by atoms with Crippen LogP contribution >= 0.6 is 0 Å². The fourth-order valence-electron chi connectivity index (χ4n) is 3.35. The fourth-order valence-corrected chi connectivity index (χ4v) is 3.35. The second kappa shape index (κ2) is 6.72. The number of nitrogens with two attached hydrogens (primary N) is 3. The average Bonchev–Trinajstić information content (AvgIpc) is 2.63. The number of hydrogen-bond acceptors (Lipinski definition) is 8. The van der Waals surface area contributed by atoms with Gasteiger partial charge in [-0.25, -0.2) is 9.97 Å². The summed E-state index contributed by atoms with van der Waals surface area (Å²) in [5.41, 5.74) is 21.0. The maximum Gasteiger partial charge on any atom is 0.224 e. The van der Waals surface area contributed by atoms with Gasteiger partial charge in [-0.2, -0.15) is 9.97 Å². The molecular formula is C18H22N8. The normalized spacial score (nSPS) is 15.4. The van der Waals surface area contributed by atoms with Gasteiger partial charge in [0.25, 0.3) is 0 Å². The Kier molecular flexibility index (Phi) is 4.26. The lowest BCUT2D eigenvalue weighted by Gasteiger charge is -2.26. The van der Waals surface area contributed by atoms with Gasteiger partial charge in [0.05, 0.1) is 0 Å². The van der Waals surface area contributed by atoms with Gasteiger partial charge in [-0.05, 0) is 31.5 Å². The van der Waals surface area contributed by atoms with Crippen molar-refractivity contribution in [2.45, 2.75) is 25.8 Å². The highest BCUT2D eigenvalue weighted by molar-refractivity contribution is 5.87. The molecule has 1 saturated heterocycles. The molecule has 0 bridgehead atoms. The standard InChI is InChI=1S/C18H22N8/c19-15-13(22-14-16(20)24-18(21)25-17(14)23-15)12-6-4-11(5-7-12)10-26-8-2-1-3-9-26/h4-7H,1-3,8-10H2,(H6,19,20,21,23,24,25). The van der Waals surface area contributed by atoms with Crippen molar-refractivity contribution in [3.8, 4) is 11.3 Å². The molecule has 8 nitrogen and oxygen atoms in total. The van der Waals surface area contributed by atoms with Crippen molar-refractivity contribution in [2.24, 2.45) is 0 Å². The molecule has 0 atom stereocenters. The summed E-state index contributed by atoms with van der Waals surface area (Å²) in [4.78, 5) is 19.3. The van der Waals surface area contributed by atoms with Crippen LogP contribution in [-0.4, -0.2) is 37.9 Å². The Morgan fingerprint density at radius 3 is 2.27 bits per heavy atom. The van der Waals surface area contributed by atoms with Gasteiger partial charge < -0.3 is 17.2 Å². The monoisotopic (exact) mass is 350 g/mol. The van der Waals surface area contributed by atoms with Gasteiger partial charge >= 0.3 is 0 Å². The molecule has 8 heteroatoms. The average molecular weight is 350 g/mol. The topological polar surface area (TPSA) is 133 Å². The van der Waals surface area contributed by atoms with E-state index in [1.807, 2.05) is 12.1 Å². The minimum Gasteiger partial charge on any atom is -0.382 e. The van der Waals surface area contributed by atoms with Crippen LogP contribution in [0.4, 0.5) is 17.6 Å². The van der Waals surface area contributed by atoms with Crippen LogP contribution < -0.4 is 17.2 Å². The summed E-state index contributed by atoms with van der Waals surface area (Å²) in [5.74, 6) is 0.542. The molecule has 0 amide bonds. The van der Waals surface area contributed by atoms with E-state index in [9.17, 15) is 0 Å². The van der Waals surface area contributed by atoms with Crippen molar-refractivity contribution >= 4 is 28.7 Å². The number of aromatic nitrogens is 4. The molecule has 134 valence electrons. The quantitative estimate of drug-likeness (QED) is 0.651. The van der Waals surface area contributed by atoms with E-state index in [4.69, 9.17) is 17.2 Å². The molecule has 0 unspecified atom stereocenters. The molecule has 3 aromatic rings. The van der Waals surface area contributed by atoms with Gasteiger partial charge in [0.15, 0.2) is 22.8 Å². The molecule has 3 heterocycles. The third kappa shape index (κ3) is 3.23. The summed E-state index contributed by atoms with van der Waals surface area (Å²) in [7, 11) is 0. The zero-order valence-electron chi connectivity index (χ0n) is 14.5. The highest BCUT2D eigenvalue weighted by Gasteiger charge is 2.14. The van der Waals surface area contributed by atoms with Crippen molar-refractivity contribution in [1.29, 1.82) is 0 Å². The summed E-state index contributed by atoms with van der Waals surface area (Å²) >= 11 is 0. The fraction of sp³-hybridized carbons (Fsp3) is 0.333. The summed E-state index contributed by atoms with van der Waals surface area (Å²) in [6.07, 6.45) is 3.92. The van der Waals surface area contributed by atoms with Gasteiger partial charge in [-0.15, -0.1) is 0 Å². The predicted octanol–water partition coefficient (Wildman–Crippen LogP) is 1.82. The van der Waals surface area contributed by atoms with Crippen LogP contribution in [-0.2, 0) is 6.54 Å². The molecule has 0 aliphatic carbocycles. The van der Waals surface area contributed by atoms with Gasteiger partial charge in [0.2, 0.25) is 5.95 Å². The van der Waals surface area contributed by atoms with Crippen molar-refractivity contribution in [3.05, 3.63) is 29.8 Å². The Bertz CT molecular complexity index is 932. The molecule has 0 saturated carbocycles. The minimum absolute atomic E-state index is 0.0542. The summed E-state index contributed by atoms with van der Waals surface area (Å²) < 4.78 is 0. The van der Waals surface area contributed by atoms with Crippen molar-refractivity contribution in [2.75, 3.05) is 30.3 Å². The third-order valence-electron chi connectivity index (χ3n) is 4.68. The molecule has 4 rings (SSSR count). The van der Waals surface area contributed by atoms with Crippen LogP contribution in [0.5, 0.6) is 0 Å². The van der Waals surface area contributed by atoms with Gasteiger partial charge in [0, 0.05) is 12.1 Å². The minimum atomic E-state index is 0.0542. The summed E-state index contributed by atoms with van der Waals surface area (Å²) in [6.45, 7) is 3.32. The van der Waals surface area contributed by atoms with Crippen LogP contribution in [0, 0.1) is 0 Å². The number of anilines is 3. The zero-order chi connectivity index (χ0) is 18.1. The third-order valence-corrected chi connectivity index (χ3v) is 4.68.